The quantitative estimate of drug-likeness (QED) is 0.838. The molecule has 2 aromatic carbocycles. The van der Waals surface area contributed by atoms with Gasteiger partial charge in [-0.2, -0.15) is 4.31 Å². The Morgan fingerprint density at radius 3 is 2.54 bits per heavy atom. The summed E-state index contributed by atoms with van der Waals surface area (Å²) in [5.74, 6) is -0.134. The maximum Gasteiger partial charge on any atom is 0.243 e. The van der Waals surface area contributed by atoms with E-state index in [1.165, 1.54) is 17.5 Å². The summed E-state index contributed by atoms with van der Waals surface area (Å²) in [4.78, 5) is 12.7. The topological polar surface area (TPSA) is 66.5 Å². The molecule has 1 amide bonds. The number of amides is 1. The second-order valence-electron chi connectivity index (χ2n) is 7.67. The van der Waals surface area contributed by atoms with E-state index in [4.69, 9.17) is 0 Å². The number of sulfonamides is 1. The summed E-state index contributed by atoms with van der Waals surface area (Å²) in [6.45, 7) is 1.13. The molecule has 2 aliphatic rings. The molecule has 0 bridgehead atoms. The third kappa shape index (κ3) is 4.13. The van der Waals surface area contributed by atoms with Crippen molar-refractivity contribution in [2.24, 2.45) is 0 Å². The van der Waals surface area contributed by atoms with Crippen LogP contribution in [0.15, 0.2) is 47.4 Å². The third-order valence-electron chi connectivity index (χ3n) is 5.60. The highest BCUT2D eigenvalue weighted by atomic mass is 32.2. The first-order chi connectivity index (χ1) is 13.5. The van der Waals surface area contributed by atoms with Crippen LogP contribution in [0.2, 0.25) is 0 Å². The van der Waals surface area contributed by atoms with Crippen molar-refractivity contribution in [3.8, 4) is 0 Å². The highest BCUT2D eigenvalue weighted by Crippen LogP contribution is 2.24. The normalized spacial score (nSPS) is 17.3. The largest absolute Gasteiger partial charge is 0.326 e. The van der Waals surface area contributed by atoms with Gasteiger partial charge in [0.1, 0.15) is 0 Å². The van der Waals surface area contributed by atoms with Crippen LogP contribution in [-0.2, 0) is 34.1 Å². The van der Waals surface area contributed by atoms with Crippen molar-refractivity contribution < 1.29 is 13.2 Å². The molecule has 1 saturated heterocycles. The Hall–Kier alpha value is -2.18. The number of nitrogens with one attached hydrogen (secondary N) is 1. The van der Waals surface area contributed by atoms with Gasteiger partial charge in [0.05, 0.1) is 11.3 Å². The van der Waals surface area contributed by atoms with Crippen LogP contribution in [0, 0.1) is 0 Å². The zero-order valence-corrected chi connectivity index (χ0v) is 16.8. The lowest BCUT2D eigenvalue weighted by atomic mass is 10.0. The lowest BCUT2D eigenvalue weighted by Gasteiger charge is -2.26. The highest BCUT2D eigenvalue weighted by Gasteiger charge is 2.26. The monoisotopic (exact) mass is 398 g/mol. The van der Waals surface area contributed by atoms with Crippen LogP contribution in [0.3, 0.4) is 0 Å². The zero-order chi connectivity index (χ0) is 19.6. The van der Waals surface area contributed by atoms with Crippen LogP contribution >= 0.6 is 0 Å². The van der Waals surface area contributed by atoms with Gasteiger partial charge in [-0.15, -0.1) is 0 Å². The highest BCUT2D eigenvalue weighted by molar-refractivity contribution is 7.89. The van der Waals surface area contributed by atoms with E-state index in [2.05, 4.69) is 17.4 Å². The molecule has 0 saturated carbocycles. The summed E-state index contributed by atoms with van der Waals surface area (Å²) in [7, 11) is -3.50. The standard InChI is InChI=1S/C22H26N2O3S/c25-22(15-17-10-11-18-6-4-7-19(18)14-17)23-20-8-5-9-21(16-20)28(26,27)24-12-2-1-3-13-24/h5,8-11,14,16H,1-4,6-7,12-13,15H2,(H,23,25). The van der Waals surface area contributed by atoms with Crippen LogP contribution < -0.4 is 5.32 Å². The molecule has 0 spiro atoms. The first kappa shape index (κ1) is 19.2. The van der Waals surface area contributed by atoms with E-state index >= 15 is 0 Å². The van der Waals surface area contributed by atoms with Crippen molar-refractivity contribution in [3.05, 3.63) is 59.2 Å². The number of benzene rings is 2. The van der Waals surface area contributed by atoms with Gasteiger partial charge in [0.15, 0.2) is 0 Å². The molecule has 2 aromatic rings. The van der Waals surface area contributed by atoms with Gasteiger partial charge in [0.2, 0.25) is 15.9 Å². The van der Waals surface area contributed by atoms with E-state index in [0.29, 0.717) is 18.8 Å². The number of carbonyl (C=O) groups excluding carboxylic acids is 1. The number of nitrogens with zero attached hydrogens (tertiary/aromatic N) is 1. The molecular formula is C22H26N2O3S. The van der Waals surface area contributed by atoms with Crippen LogP contribution in [0.5, 0.6) is 0 Å². The molecule has 1 N–H and O–H groups in total. The van der Waals surface area contributed by atoms with Crippen molar-refractivity contribution in [1.82, 2.24) is 4.31 Å². The van der Waals surface area contributed by atoms with Crippen LogP contribution in [0.25, 0.3) is 0 Å². The molecule has 148 valence electrons. The lowest BCUT2D eigenvalue weighted by molar-refractivity contribution is -0.115. The fraction of sp³-hybridized carbons (Fsp3) is 0.409. The van der Waals surface area contributed by atoms with Crippen LogP contribution in [-0.4, -0.2) is 31.7 Å². The zero-order valence-electron chi connectivity index (χ0n) is 16.0. The predicted octanol–water partition coefficient (Wildman–Crippen LogP) is 3.53. The smallest absolute Gasteiger partial charge is 0.243 e. The molecule has 1 aliphatic carbocycles. The predicted molar refractivity (Wildman–Crippen MR) is 110 cm³/mol. The molecule has 28 heavy (non-hydrogen) atoms. The van der Waals surface area contributed by atoms with Crippen molar-refractivity contribution >= 4 is 21.6 Å². The molecule has 0 atom stereocenters. The second kappa shape index (κ2) is 8.05. The molecule has 1 fully saturated rings. The van der Waals surface area contributed by atoms with E-state index in [0.717, 1.165) is 37.7 Å². The van der Waals surface area contributed by atoms with E-state index in [-0.39, 0.29) is 17.2 Å². The van der Waals surface area contributed by atoms with Crippen molar-refractivity contribution in [2.45, 2.75) is 49.8 Å². The van der Waals surface area contributed by atoms with E-state index < -0.39 is 10.0 Å². The summed E-state index contributed by atoms with van der Waals surface area (Å²) < 4.78 is 27.2. The van der Waals surface area contributed by atoms with Gasteiger partial charge in [-0.05, 0) is 67.0 Å². The van der Waals surface area contributed by atoms with Gasteiger partial charge in [0.25, 0.3) is 0 Å². The van der Waals surface area contributed by atoms with E-state index in [1.54, 1.807) is 28.6 Å². The summed E-state index contributed by atoms with van der Waals surface area (Å²) in [5.41, 5.74) is 4.25. The van der Waals surface area contributed by atoms with Crippen molar-refractivity contribution in [2.75, 3.05) is 18.4 Å². The molecule has 0 aromatic heterocycles. The molecule has 4 rings (SSSR count). The number of anilines is 1. The lowest BCUT2D eigenvalue weighted by Crippen LogP contribution is -2.35. The summed E-state index contributed by atoms with van der Waals surface area (Å²) in [5, 5.41) is 2.85. The number of piperidine rings is 1. The first-order valence-corrected chi connectivity index (χ1v) is 11.5. The van der Waals surface area contributed by atoms with Crippen LogP contribution in [0.1, 0.15) is 42.4 Å². The minimum Gasteiger partial charge on any atom is -0.326 e. The Balaban J connectivity index is 1.45. The van der Waals surface area contributed by atoms with Crippen LogP contribution in [0.4, 0.5) is 5.69 Å². The minimum atomic E-state index is -3.50. The summed E-state index contributed by atoms with van der Waals surface area (Å²) >= 11 is 0. The Morgan fingerprint density at radius 1 is 0.929 bits per heavy atom. The van der Waals surface area contributed by atoms with Gasteiger partial charge in [-0.1, -0.05) is 30.7 Å². The first-order valence-electron chi connectivity index (χ1n) is 10.0. The van der Waals surface area contributed by atoms with Gasteiger partial charge in [-0.25, -0.2) is 8.42 Å². The third-order valence-corrected chi connectivity index (χ3v) is 7.49. The molecular weight excluding hydrogens is 372 g/mol. The molecule has 1 aliphatic heterocycles. The number of hydrogen-bond donors (Lipinski definition) is 1. The average molecular weight is 399 g/mol. The molecule has 6 heteroatoms. The molecule has 0 radical (unpaired) electrons. The fourth-order valence-corrected chi connectivity index (χ4v) is 5.68. The molecule has 1 heterocycles. The number of aryl methyl sites for hydroxylation is 2. The van der Waals surface area contributed by atoms with Gasteiger partial charge in [-0.3, -0.25) is 4.79 Å². The SMILES string of the molecule is O=C(Cc1ccc2c(c1)CCC2)Nc1cccc(S(=O)(=O)N2CCCCC2)c1. The minimum absolute atomic E-state index is 0.134. The van der Waals surface area contributed by atoms with Gasteiger partial charge < -0.3 is 5.32 Å². The van der Waals surface area contributed by atoms with E-state index in [1.807, 2.05) is 6.07 Å². The van der Waals surface area contributed by atoms with Crippen molar-refractivity contribution in [1.29, 1.82) is 0 Å². The summed E-state index contributed by atoms with van der Waals surface area (Å²) in [6.07, 6.45) is 6.55. The Bertz CT molecular complexity index is 979. The Morgan fingerprint density at radius 2 is 1.71 bits per heavy atom. The Labute approximate surface area is 166 Å². The summed E-state index contributed by atoms with van der Waals surface area (Å²) in [6, 6.07) is 12.8. The molecule has 0 unspecified atom stereocenters. The number of hydrogen-bond acceptors (Lipinski definition) is 3. The Kier molecular flexibility index (Phi) is 5.51. The maximum absolute atomic E-state index is 12.8. The van der Waals surface area contributed by atoms with E-state index in [9.17, 15) is 13.2 Å². The second-order valence-corrected chi connectivity index (χ2v) is 9.61. The number of fused-ring (bicyclic) bond motifs is 1. The van der Waals surface area contributed by atoms with Gasteiger partial charge >= 0.3 is 0 Å². The van der Waals surface area contributed by atoms with Crippen molar-refractivity contribution in [3.63, 3.8) is 0 Å². The van der Waals surface area contributed by atoms with Gasteiger partial charge in [0, 0.05) is 18.8 Å². The fourth-order valence-electron chi connectivity index (χ4n) is 4.11. The maximum atomic E-state index is 12.8. The molecule has 5 nitrogen and oxygen atoms in total. The number of rotatable bonds is 5. The average Bonchev–Trinajstić information content (AvgIpc) is 3.16. The number of carbonyl (C=O) groups is 1.